The summed E-state index contributed by atoms with van der Waals surface area (Å²) in [5.41, 5.74) is 4.51. The molecular formula is C16H27N. The maximum Gasteiger partial charge on any atom is 0.0156 e. The molecule has 17 heavy (non-hydrogen) atoms. The van der Waals surface area contributed by atoms with E-state index >= 15 is 0 Å². The minimum absolute atomic E-state index is 0.300. The van der Waals surface area contributed by atoms with Crippen molar-refractivity contribution in [3.05, 3.63) is 34.9 Å². The van der Waals surface area contributed by atoms with Gasteiger partial charge in [-0.15, -0.1) is 0 Å². The van der Waals surface area contributed by atoms with E-state index in [1.54, 1.807) is 0 Å². The molecule has 0 aliphatic rings. The molecule has 1 unspecified atom stereocenters. The van der Waals surface area contributed by atoms with Gasteiger partial charge in [-0.2, -0.15) is 0 Å². The van der Waals surface area contributed by atoms with Crippen molar-refractivity contribution >= 4 is 0 Å². The van der Waals surface area contributed by atoms with E-state index in [1.165, 1.54) is 16.7 Å². The van der Waals surface area contributed by atoms with Gasteiger partial charge >= 0.3 is 0 Å². The third-order valence-electron chi connectivity index (χ3n) is 3.51. The number of likely N-dealkylation sites (N-methyl/N-ethyl adjacent to an activating group) is 1. The lowest BCUT2D eigenvalue weighted by molar-refractivity contribution is 0.270. The second kappa shape index (κ2) is 5.68. The average Bonchev–Trinajstić information content (AvgIpc) is 2.21. The number of benzene rings is 1. The molecule has 1 heteroatoms. The highest BCUT2D eigenvalue weighted by molar-refractivity contribution is 5.30. The smallest absolute Gasteiger partial charge is 0.0156 e. The third-order valence-corrected chi connectivity index (χ3v) is 3.51. The zero-order valence-electron chi connectivity index (χ0n) is 12.2. The SMILES string of the molecule is CCNC(Cc1ccc(C)c(C)c1)C(C)(C)C. The first kappa shape index (κ1) is 14.2. The van der Waals surface area contributed by atoms with Crippen LogP contribution in [0.1, 0.15) is 44.4 Å². The highest BCUT2D eigenvalue weighted by atomic mass is 14.9. The van der Waals surface area contributed by atoms with Crippen LogP contribution in [-0.2, 0) is 6.42 Å². The molecule has 1 aromatic rings. The van der Waals surface area contributed by atoms with Gasteiger partial charge in [0.05, 0.1) is 0 Å². The van der Waals surface area contributed by atoms with Crippen molar-refractivity contribution in [3.63, 3.8) is 0 Å². The molecule has 1 atom stereocenters. The van der Waals surface area contributed by atoms with Gasteiger partial charge in [-0.3, -0.25) is 0 Å². The molecule has 0 spiro atoms. The summed E-state index contributed by atoms with van der Waals surface area (Å²) < 4.78 is 0. The fraction of sp³-hybridized carbons (Fsp3) is 0.625. The average molecular weight is 233 g/mol. The number of aryl methyl sites for hydroxylation is 2. The number of nitrogens with one attached hydrogen (secondary N) is 1. The minimum atomic E-state index is 0.300. The van der Waals surface area contributed by atoms with Crippen LogP contribution in [0.15, 0.2) is 18.2 Å². The Morgan fingerprint density at radius 1 is 1.12 bits per heavy atom. The lowest BCUT2D eigenvalue weighted by atomic mass is 9.82. The van der Waals surface area contributed by atoms with Crippen LogP contribution in [0.25, 0.3) is 0 Å². The predicted octanol–water partition coefficient (Wildman–Crippen LogP) is 3.87. The maximum atomic E-state index is 3.61. The Morgan fingerprint density at radius 3 is 2.24 bits per heavy atom. The first-order valence-electron chi connectivity index (χ1n) is 6.64. The van der Waals surface area contributed by atoms with Gasteiger partial charge in [0.15, 0.2) is 0 Å². The molecule has 1 N–H and O–H groups in total. The second-order valence-corrected chi connectivity index (χ2v) is 6.10. The van der Waals surface area contributed by atoms with E-state index < -0.39 is 0 Å². The summed E-state index contributed by atoms with van der Waals surface area (Å²) in [6.45, 7) is 14.5. The molecule has 0 aliphatic carbocycles. The Morgan fingerprint density at radius 2 is 1.76 bits per heavy atom. The van der Waals surface area contributed by atoms with Crippen LogP contribution in [0, 0.1) is 19.3 Å². The molecule has 0 saturated heterocycles. The molecule has 0 radical (unpaired) electrons. The van der Waals surface area contributed by atoms with Gasteiger partial charge in [0.25, 0.3) is 0 Å². The third kappa shape index (κ3) is 4.16. The molecule has 96 valence electrons. The lowest BCUT2D eigenvalue weighted by Crippen LogP contribution is -2.41. The molecule has 0 amide bonds. The molecule has 0 bridgehead atoms. The van der Waals surface area contributed by atoms with Crippen LogP contribution in [0.5, 0.6) is 0 Å². The predicted molar refractivity (Wildman–Crippen MR) is 76.5 cm³/mol. The molecule has 0 fully saturated rings. The molecule has 0 saturated carbocycles. The summed E-state index contributed by atoms with van der Waals surface area (Å²) in [5, 5.41) is 3.61. The van der Waals surface area contributed by atoms with Crippen LogP contribution in [0.2, 0.25) is 0 Å². The Hall–Kier alpha value is -0.820. The standard InChI is InChI=1S/C16H27N/c1-7-17-15(16(4,5)6)11-14-9-8-12(2)13(3)10-14/h8-10,15,17H,7,11H2,1-6H3. The van der Waals surface area contributed by atoms with Gasteiger partial charge in [0, 0.05) is 6.04 Å². The van der Waals surface area contributed by atoms with Crippen LogP contribution in [-0.4, -0.2) is 12.6 Å². The van der Waals surface area contributed by atoms with Crippen molar-refractivity contribution in [2.24, 2.45) is 5.41 Å². The van der Waals surface area contributed by atoms with E-state index in [1.807, 2.05) is 0 Å². The molecule has 0 aromatic heterocycles. The quantitative estimate of drug-likeness (QED) is 0.832. The number of hydrogen-bond acceptors (Lipinski definition) is 1. The highest BCUT2D eigenvalue weighted by Crippen LogP contribution is 2.23. The van der Waals surface area contributed by atoms with E-state index in [0.29, 0.717) is 11.5 Å². The van der Waals surface area contributed by atoms with E-state index in [-0.39, 0.29) is 0 Å². The highest BCUT2D eigenvalue weighted by Gasteiger charge is 2.23. The molecule has 0 heterocycles. The minimum Gasteiger partial charge on any atom is -0.313 e. The Bertz CT molecular complexity index is 360. The van der Waals surface area contributed by atoms with E-state index in [4.69, 9.17) is 0 Å². The molecule has 0 aliphatic heterocycles. The fourth-order valence-electron chi connectivity index (χ4n) is 2.10. The normalized spacial score (nSPS) is 13.8. The number of hydrogen-bond donors (Lipinski definition) is 1. The van der Waals surface area contributed by atoms with Gasteiger partial charge in [0.1, 0.15) is 0 Å². The number of rotatable bonds is 4. The second-order valence-electron chi connectivity index (χ2n) is 6.10. The first-order chi connectivity index (χ1) is 7.84. The fourth-order valence-corrected chi connectivity index (χ4v) is 2.10. The van der Waals surface area contributed by atoms with E-state index in [9.17, 15) is 0 Å². The van der Waals surface area contributed by atoms with Crippen LogP contribution >= 0.6 is 0 Å². The van der Waals surface area contributed by atoms with Crippen molar-refractivity contribution < 1.29 is 0 Å². The molecule has 1 nitrogen and oxygen atoms in total. The summed E-state index contributed by atoms with van der Waals surface area (Å²) in [7, 11) is 0. The van der Waals surface area contributed by atoms with Gasteiger partial charge < -0.3 is 5.32 Å². The van der Waals surface area contributed by atoms with Crippen LogP contribution < -0.4 is 5.32 Å². The summed E-state index contributed by atoms with van der Waals surface area (Å²) in [6, 6.07) is 7.36. The first-order valence-corrected chi connectivity index (χ1v) is 6.64. The van der Waals surface area contributed by atoms with Crippen molar-refractivity contribution in [3.8, 4) is 0 Å². The molecule has 1 rings (SSSR count). The summed E-state index contributed by atoms with van der Waals surface area (Å²) in [5.74, 6) is 0. The van der Waals surface area contributed by atoms with Gasteiger partial charge in [-0.05, 0) is 48.9 Å². The maximum absolute atomic E-state index is 3.61. The molecular weight excluding hydrogens is 206 g/mol. The summed E-state index contributed by atoms with van der Waals surface area (Å²) >= 11 is 0. The topological polar surface area (TPSA) is 12.0 Å². The van der Waals surface area contributed by atoms with Gasteiger partial charge in [-0.25, -0.2) is 0 Å². The van der Waals surface area contributed by atoms with Crippen LogP contribution in [0.3, 0.4) is 0 Å². The van der Waals surface area contributed by atoms with Crippen molar-refractivity contribution in [1.29, 1.82) is 0 Å². The lowest BCUT2D eigenvalue weighted by Gasteiger charge is -2.31. The van der Waals surface area contributed by atoms with E-state index in [0.717, 1.165) is 13.0 Å². The Balaban J connectivity index is 2.82. The summed E-state index contributed by atoms with van der Waals surface area (Å²) in [4.78, 5) is 0. The van der Waals surface area contributed by atoms with E-state index in [2.05, 4.69) is 65.1 Å². The molecule has 1 aromatic carbocycles. The van der Waals surface area contributed by atoms with Crippen LogP contribution in [0.4, 0.5) is 0 Å². The van der Waals surface area contributed by atoms with Gasteiger partial charge in [-0.1, -0.05) is 45.9 Å². The largest absolute Gasteiger partial charge is 0.313 e. The zero-order valence-corrected chi connectivity index (χ0v) is 12.2. The summed E-state index contributed by atoms with van der Waals surface area (Å²) in [6.07, 6.45) is 1.11. The van der Waals surface area contributed by atoms with Crippen molar-refractivity contribution in [2.45, 2.75) is 54.0 Å². The van der Waals surface area contributed by atoms with Gasteiger partial charge in [0.2, 0.25) is 0 Å². The van der Waals surface area contributed by atoms with Crippen molar-refractivity contribution in [2.75, 3.05) is 6.54 Å². The Kier molecular flexibility index (Phi) is 4.76. The van der Waals surface area contributed by atoms with Crippen molar-refractivity contribution in [1.82, 2.24) is 5.32 Å². The zero-order chi connectivity index (χ0) is 13.1. The Labute approximate surface area is 107 Å². The monoisotopic (exact) mass is 233 g/mol.